The maximum Gasteiger partial charge on any atom is 0.219 e. The van der Waals surface area contributed by atoms with Gasteiger partial charge in [0.2, 0.25) is 5.91 Å². The van der Waals surface area contributed by atoms with Crippen molar-refractivity contribution in [1.82, 2.24) is 10.2 Å². The summed E-state index contributed by atoms with van der Waals surface area (Å²) in [6, 6.07) is 5.89. The number of hydrogen-bond donors (Lipinski definition) is 2. The molecule has 2 N–H and O–H groups in total. The van der Waals surface area contributed by atoms with Crippen molar-refractivity contribution in [3.05, 3.63) is 30.1 Å². The molecule has 1 fully saturated rings. The highest BCUT2D eigenvalue weighted by Crippen LogP contribution is 2.13. The van der Waals surface area contributed by atoms with Crippen molar-refractivity contribution in [2.75, 3.05) is 26.2 Å². The zero-order valence-electron chi connectivity index (χ0n) is 13.5. The van der Waals surface area contributed by atoms with Crippen LogP contribution in [-0.2, 0) is 4.79 Å². The largest absolute Gasteiger partial charge is 0.491 e. The molecule has 5 nitrogen and oxygen atoms in total. The van der Waals surface area contributed by atoms with Crippen LogP contribution in [0.5, 0.6) is 5.75 Å². The van der Waals surface area contributed by atoms with Gasteiger partial charge < -0.3 is 15.2 Å². The second kappa shape index (κ2) is 8.84. The number of carbonyl (C=O) groups excluding carboxylic acids is 1. The Balaban J connectivity index is 1.72. The molecule has 1 saturated heterocycles. The van der Waals surface area contributed by atoms with Crippen molar-refractivity contribution in [3.8, 4) is 5.75 Å². The van der Waals surface area contributed by atoms with Crippen molar-refractivity contribution >= 4 is 5.91 Å². The fourth-order valence-corrected chi connectivity index (χ4v) is 2.74. The number of piperidine rings is 1. The molecule has 128 valence electrons. The Morgan fingerprint density at radius 1 is 1.48 bits per heavy atom. The van der Waals surface area contributed by atoms with Crippen LogP contribution in [0.4, 0.5) is 4.39 Å². The van der Waals surface area contributed by atoms with Gasteiger partial charge in [-0.25, -0.2) is 4.39 Å². The third-order valence-corrected chi connectivity index (χ3v) is 3.92. The molecule has 0 bridgehead atoms. The molecule has 1 aliphatic heterocycles. The van der Waals surface area contributed by atoms with Crippen LogP contribution in [0.1, 0.15) is 26.2 Å². The fourth-order valence-electron chi connectivity index (χ4n) is 2.74. The van der Waals surface area contributed by atoms with Crippen molar-refractivity contribution in [2.45, 2.75) is 38.3 Å². The van der Waals surface area contributed by atoms with Gasteiger partial charge in [0, 0.05) is 25.6 Å². The van der Waals surface area contributed by atoms with Crippen LogP contribution >= 0.6 is 0 Å². The number of carbonyl (C=O) groups is 1. The Hall–Kier alpha value is -1.66. The predicted octanol–water partition coefficient (Wildman–Crippen LogP) is 1.56. The maximum absolute atomic E-state index is 12.8. The van der Waals surface area contributed by atoms with E-state index in [2.05, 4.69) is 10.2 Å². The Kier molecular flexibility index (Phi) is 6.80. The van der Waals surface area contributed by atoms with E-state index in [1.54, 1.807) is 12.1 Å². The zero-order valence-corrected chi connectivity index (χ0v) is 13.5. The molecule has 0 radical (unpaired) electrons. The summed E-state index contributed by atoms with van der Waals surface area (Å²) >= 11 is 0. The first-order valence-electron chi connectivity index (χ1n) is 8.15. The normalized spacial score (nSPS) is 20.0. The average molecular weight is 324 g/mol. The number of aliphatic hydroxyl groups is 1. The van der Waals surface area contributed by atoms with E-state index in [-0.39, 0.29) is 24.4 Å². The number of ether oxygens (including phenoxy) is 1. The van der Waals surface area contributed by atoms with E-state index in [1.807, 2.05) is 6.92 Å². The van der Waals surface area contributed by atoms with E-state index in [1.165, 1.54) is 12.1 Å². The molecule has 2 atom stereocenters. The summed E-state index contributed by atoms with van der Waals surface area (Å²) in [7, 11) is 0. The number of benzene rings is 1. The lowest BCUT2D eigenvalue weighted by molar-refractivity contribution is -0.121. The SMILES string of the molecule is CCC(=O)NC1CCCN(CC(O)COc2ccc(F)cc2)C1. The van der Waals surface area contributed by atoms with E-state index < -0.39 is 6.10 Å². The number of rotatable bonds is 7. The van der Waals surface area contributed by atoms with Gasteiger partial charge in [0.1, 0.15) is 24.3 Å². The molecule has 1 aromatic rings. The fraction of sp³-hybridized carbons (Fsp3) is 0.588. The summed E-state index contributed by atoms with van der Waals surface area (Å²) in [6.07, 6.45) is 1.84. The molecular weight excluding hydrogens is 299 g/mol. The molecule has 0 saturated carbocycles. The first-order valence-corrected chi connectivity index (χ1v) is 8.15. The van der Waals surface area contributed by atoms with E-state index in [0.717, 1.165) is 25.9 Å². The first-order chi connectivity index (χ1) is 11.1. The molecule has 23 heavy (non-hydrogen) atoms. The number of halogens is 1. The van der Waals surface area contributed by atoms with E-state index in [9.17, 15) is 14.3 Å². The van der Waals surface area contributed by atoms with Gasteiger partial charge in [0.15, 0.2) is 0 Å². The van der Waals surface area contributed by atoms with Gasteiger partial charge in [0.25, 0.3) is 0 Å². The lowest BCUT2D eigenvalue weighted by Crippen LogP contribution is -2.49. The van der Waals surface area contributed by atoms with Crippen molar-refractivity contribution in [3.63, 3.8) is 0 Å². The first kappa shape index (κ1) is 17.7. The minimum Gasteiger partial charge on any atom is -0.491 e. The van der Waals surface area contributed by atoms with Crippen molar-refractivity contribution in [2.24, 2.45) is 0 Å². The number of β-amino-alcohol motifs (C(OH)–C–C–N with tert-alkyl or cyclic N) is 1. The van der Waals surface area contributed by atoms with Gasteiger partial charge in [-0.1, -0.05) is 6.92 Å². The molecule has 0 aromatic heterocycles. The summed E-state index contributed by atoms with van der Waals surface area (Å²) in [5.74, 6) is 0.292. The highest BCUT2D eigenvalue weighted by Gasteiger charge is 2.22. The predicted molar refractivity (Wildman–Crippen MR) is 85.8 cm³/mol. The number of likely N-dealkylation sites (tertiary alicyclic amines) is 1. The van der Waals surface area contributed by atoms with Crippen LogP contribution in [-0.4, -0.2) is 54.3 Å². The Morgan fingerprint density at radius 3 is 2.91 bits per heavy atom. The third-order valence-electron chi connectivity index (χ3n) is 3.92. The van der Waals surface area contributed by atoms with Crippen molar-refractivity contribution in [1.29, 1.82) is 0 Å². The summed E-state index contributed by atoms with van der Waals surface area (Å²) in [4.78, 5) is 13.6. The standard InChI is InChI=1S/C17H25FN2O3/c1-2-17(22)19-14-4-3-9-20(10-14)11-15(21)12-23-16-7-5-13(18)6-8-16/h5-8,14-15,21H,2-4,9-12H2,1H3,(H,19,22). The lowest BCUT2D eigenvalue weighted by Gasteiger charge is -2.34. The second-order valence-corrected chi connectivity index (χ2v) is 5.94. The number of aliphatic hydroxyl groups excluding tert-OH is 1. The van der Waals surface area contributed by atoms with Gasteiger partial charge in [-0.2, -0.15) is 0 Å². The molecule has 6 heteroatoms. The Labute approximate surface area is 136 Å². The Morgan fingerprint density at radius 2 is 2.22 bits per heavy atom. The molecule has 2 rings (SSSR count). The number of hydrogen-bond acceptors (Lipinski definition) is 4. The van der Waals surface area contributed by atoms with Crippen LogP contribution in [0, 0.1) is 5.82 Å². The van der Waals surface area contributed by atoms with Gasteiger partial charge in [0.05, 0.1) is 0 Å². The highest BCUT2D eigenvalue weighted by atomic mass is 19.1. The smallest absolute Gasteiger partial charge is 0.219 e. The number of amides is 1. The molecule has 2 unspecified atom stereocenters. The summed E-state index contributed by atoms with van der Waals surface area (Å²) in [5.41, 5.74) is 0. The minimum atomic E-state index is -0.624. The van der Waals surface area contributed by atoms with E-state index in [0.29, 0.717) is 18.7 Å². The van der Waals surface area contributed by atoms with Gasteiger partial charge in [-0.3, -0.25) is 9.69 Å². The van der Waals surface area contributed by atoms with Crippen LogP contribution in [0.15, 0.2) is 24.3 Å². The number of nitrogens with one attached hydrogen (secondary N) is 1. The molecular formula is C17H25FN2O3. The summed E-state index contributed by atoms with van der Waals surface area (Å²) < 4.78 is 18.3. The molecule has 0 aliphatic carbocycles. The second-order valence-electron chi connectivity index (χ2n) is 5.94. The van der Waals surface area contributed by atoms with E-state index in [4.69, 9.17) is 4.74 Å². The molecule has 0 spiro atoms. The van der Waals surface area contributed by atoms with Gasteiger partial charge in [-0.15, -0.1) is 0 Å². The lowest BCUT2D eigenvalue weighted by atomic mass is 10.1. The van der Waals surface area contributed by atoms with Gasteiger partial charge in [-0.05, 0) is 43.7 Å². The van der Waals surface area contributed by atoms with Crippen LogP contribution in [0.2, 0.25) is 0 Å². The Bertz CT molecular complexity index is 495. The number of nitrogens with zero attached hydrogens (tertiary/aromatic N) is 1. The molecule has 1 heterocycles. The minimum absolute atomic E-state index is 0.0667. The van der Waals surface area contributed by atoms with Crippen molar-refractivity contribution < 1.29 is 19.0 Å². The highest BCUT2D eigenvalue weighted by molar-refractivity contribution is 5.75. The summed E-state index contributed by atoms with van der Waals surface area (Å²) in [6.45, 7) is 4.16. The third kappa shape index (κ3) is 6.15. The van der Waals surface area contributed by atoms with Crippen LogP contribution in [0.25, 0.3) is 0 Å². The molecule has 1 aromatic carbocycles. The quantitative estimate of drug-likeness (QED) is 0.799. The summed E-state index contributed by atoms with van der Waals surface area (Å²) in [5, 5.41) is 13.1. The average Bonchev–Trinajstić information content (AvgIpc) is 2.54. The topological polar surface area (TPSA) is 61.8 Å². The maximum atomic E-state index is 12.8. The molecule has 1 amide bonds. The zero-order chi connectivity index (χ0) is 16.7. The van der Waals surface area contributed by atoms with Crippen LogP contribution in [0.3, 0.4) is 0 Å². The molecule has 1 aliphatic rings. The van der Waals surface area contributed by atoms with Crippen LogP contribution < -0.4 is 10.1 Å². The van der Waals surface area contributed by atoms with Gasteiger partial charge >= 0.3 is 0 Å². The van der Waals surface area contributed by atoms with E-state index >= 15 is 0 Å². The monoisotopic (exact) mass is 324 g/mol.